The molecule has 5 heteroatoms. The molecule has 1 aliphatic rings. The van der Waals surface area contributed by atoms with Gasteiger partial charge in [-0.25, -0.2) is 4.98 Å². The van der Waals surface area contributed by atoms with Gasteiger partial charge in [0, 0.05) is 38.6 Å². The number of aromatic nitrogens is 1. The lowest BCUT2D eigenvalue weighted by Crippen LogP contribution is -2.38. The average molecular weight is 303 g/mol. The summed E-state index contributed by atoms with van der Waals surface area (Å²) in [5.41, 5.74) is 1.03. The Bertz CT molecular complexity index is 571. The molecule has 1 saturated heterocycles. The Balaban J connectivity index is 1.69. The van der Waals surface area contributed by atoms with Gasteiger partial charge in [-0.3, -0.25) is 4.90 Å². The summed E-state index contributed by atoms with van der Waals surface area (Å²) in [4.78, 5) is 10.6. The molecule has 3 rings (SSSR count). The van der Waals surface area contributed by atoms with Crippen molar-refractivity contribution in [2.45, 2.75) is 12.6 Å². The average Bonchev–Trinajstić information content (AvgIpc) is 3.00. The highest BCUT2D eigenvalue weighted by Crippen LogP contribution is 2.24. The Morgan fingerprint density at radius 1 is 1.33 bits per heavy atom. The lowest BCUT2D eigenvalue weighted by molar-refractivity contribution is -0.0346. The monoisotopic (exact) mass is 303 g/mol. The summed E-state index contributed by atoms with van der Waals surface area (Å²) in [6.45, 7) is 3.67. The van der Waals surface area contributed by atoms with E-state index in [0.29, 0.717) is 0 Å². The quantitative estimate of drug-likeness (QED) is 0.868. The predicted molar refractivity (Wildman–Crippen MR) is 86.9 cm³/mol. The van der Waals surface area contributed by atoms with Crippen molar-refractivity contribution in [3.05, 3.63) is 46.3 Å². The molecule has 0 saturated carbocycles. The fourth-order valence-electron chi connectivity index (χ4n) is 2.52. The molecule has 0 aromatic carbocycles. The van der Waals surface area contributed by atoms with Crippen molar-refractivity contribution in [3.8, 4) is 0 Å². The Labute approximate surface area is 130 Å². The topological polar surface area (TPSA) is 28.6 Å². The molecule has 112 valence electrons. The fraction of sp³-hybridized carbons (Fsp3) is 0.438. The molecule has 21 heavy (non-hydrogen) atoms. The van der Waals surface area contributed by atoms with Crippen LogP contribution in [0.4, 0.5) is 5.82 Å². The van der Waals surface area contributed by atoms with Crippen LogP contribution in [-0.4, -0.2) is 43.7 Å². The van der Waals surface area contributed by atoms with Crippen LogP contribution in [0.2, 0.25) is 0 Å². The third kappa shape index (κ3) is 3.61. The maximum atomic E-state index is 5.93. The van der Waals surface area contributed by atoms with Crippen LogP contribution in [0.1, 0.15) is 16.7 Å². The van der Waals surface area contributed by atoms with Gasteiger partial charge < -0.3 is 9.64 Å². The van der Waals surface area contributed by atoms with Crippen molar-refractivity contribution >= 4 is 17.2 Å². The second kappa shape index (κ2) is 6.56. The highest BCUT2D eigenvalue weighted by Gasteiger charge is 2.23. The third-order valence-corrected chi connectivity index (χ3v) is 4.52. The van der Waals surface area contributed by atoms with E-state index in [4.69, 9.17) is 9.72 Å². The van der Waals surface area contributed by atoms with E-state index < -0.39 is 0 Å². The number of ether oxygens (including phenoxy) is 1. The number of anilines is 1. The van der Waals surface area contributed by atoms with Crippen molar-refractivity contribution in [1.82, 2.24) is 9.88 Å². The van der Waals surface area contributed by atoms with Gasteiger partial charge in [-0.15, -0.1) is 11.3 Å². The first-order valence-electron chi connectivity index (χ1n) is 7.23. The van der Waals surface area contributed by atoms with Crippen molar-refractivity contribution in [2.24, 2.45) is 0 Å². The molecular weight excluding hydrogens is 282 g/mol. The van der Waals surface area contributed by atoms with E-state index in [9.17, 15) is 0 Å². The Kier molecular flexibility index (Phi) is 4.53. The normalized spacial score (nSPS) is 19.6. The van der Waals surface area contributed by atoms with Gasteiger partial charge in [-0.1, -0.05) is 12.1 Å². The molecule has 0 aliphatic carbocycles. The standard InChI is InChI=1S/C16H21N3OS/c1-18(2)16-7-3-6-14(17-16)15-12-19(8-9-20-15)11-13-5-4-10-21-13/h3-7,10,15H,8-9,11-12H2,1-2H3/t15-/m0/s1. The van der Waals surface area contributed by atoms with Crippen LogP contribution in [0.3, 0.4) is 0 Å². The summed E-state index contributed by atoms with van der Waals surface area (Å²) in [6, 6.07) is 10.4. The van der Waals surface area contributed by atoms with Gasteiger partial charge in [-0.05, 0) is 23.6 Å². The van der Waals surface area contributed by atoms with Gasteiger partial charge in [0.15, 0.2) is 0 Å². The van der Waals surface area contributed by atoms with Gasteiger partial charge in [0.2, 0.25) is 0 Å². The van der Waals surface area contributed by atoms with Crippen LogP contribution < -0.4 is 4.90 Å². The van der Waals surface area contributed by atoms with Crippen LogP contribution >= 0.6 is 11.3 Å². The first-order chi connectivity index (χ1) is 10.2. The number of hydrogen-bond acceptors (Lipinski definition) is 5. The van der Waals surface area contributed by atoms with E-state index in [1.54, 1.807) is 0 Å². The highest BCUT2D eigenvalue weighted by atomic mass is 32.1. The minimum absolute atomic E-state index is 0.0682. The number of thiophene rings is 1. The van der Waals surface area contributed by atoms with Crippen LogP contribution in [-0.2, 0) is 11.3 Å². The fourth-order valence-corrected chi connectivity index (χ4v) is 3.26. The van der Waals surface area contributed by atoms with Crippen molar-refractivity contribution in [3.63, 3.8) is 0 Å². The van der Waals surface area contributed by atoms with Gasteiger partial charge in [-0.2, -0.15) is 0 Å². The zero-order valence-electron chi connectivity index (χ0n) is 12.5. The first-order valence-corrected chi connectivity index (χ1v) is 8.11. The molecule has 0 N–H and O–H groups in total. The van der Waals surface area contributed by atoms with E-state index >= 15 is 0 Å². The number of nitrogens with zero attached hydrogens (tertiary/aromatic N) is 3. The molecule has 0 spiro atoms. The maximum Gasteiger partial charge on any atom is 0.128 e. The largest absolute Gasteiger partial charge is 0.369 e. The summed E-state index contributed by atoms with van der Waals surface area (Å²) < 4.78 is 5.93. The van der Waals surface area contributed by atoms with Crippen molar-refractivity contribution in [2.75, 3.05) is 38.7 Å². The molecule has 1 fully saturated rings. The molecular formula is C16H21N3OS. The summed E-state index contributed by atoms with van der Waals surface area (Å²) in [6.07, 6.45) is 0.0682. The number of pyridine rings is 1. The van der Waals surface area contributed by atoms with Crippen LogP contribution in [0.5, 0.6) is 0 Å². The van der Waals surface area contributed by atoms with Gasteiger partial charge in [0.25, 0.3) is 0 Å². The minimum Gasteiger partial charge on any atom is -0.369 e. The molecule has 0 radical (unpaired) electrons. The molecule has 4 nitrogen and oxygen atoms in total. The van der Waals surface area contributed by atoms with E-state index in [2.05, 4.69) is 34.5 Å². The van der Waals surface area contributed by atoms with Gasteiger partial charge >= 0.3 is 0 Å². The summed E-state index contributed by atoms with van der Waals surface area (Å²) in [5.74, 6) is 0.978. The van der Waals surface area contributed by atoms with Crippen LogP contribution in [0.15, 0.2) is 35.7 Å². The zero-order valence-corrected chi connectivity index (χ0v) is 13.3. The van der Waals surface area contributed by atoms with Crippen molar-refractivity contribution < 1.29 is 4.74 Å². The lowest BCUT2D eigenvalue weighted by Gasteiger charge is -2.32. The summed E-state index contributed by atoms with van der Waals surface area (Å²) in [5, 5.41) is 2.13. The molecule has 2 aromatic rings. The SMILES string of the molecule is CN(C)c1cccc([C@@H]2CN(Cc3cccs3)CCO2)n1. The maximum absolute atomic E-state index is 5.93. The van der Waals surface area contributed by atoms with Crippen LogP contribution in [0.25, 0.3) is 0 Å². The highest BCUT2D eigenvalue weighted by molar-refractivity contribution is 7.09. The third-order valence-electron chi connectivity index (χ3n) is 3.65. The second-order valence-electron chi connectivity index (χ2n) is 5.49. The summed E-state index contributed by atoms with van der Waals surface area (Å²) >= 11 is 1.82. The number of hydrogen-bond donors (Lipinski definition) is 0. The smallest absolute Gasteiger partial charge is 0.128 e. The molecule has 0 bridgehead atoms. The Hall–Kier alpha value is -1.43. The molecule has 1 atom stereocenters. The minimum atomic E-state index is 0.0682. The lowest BCUT2D eigenvalue weighted by atomic mass is 10.2. The molecule has 0 amide bonds. The van der Waals surface area contributed by atoms with E-state index in [0.717, 1.165) is 37.8 Å². The Morgan fingerprint density at radius 3 is 3.00 bits per heavy atom. The second-order valence-corrected chi connectivity index (χ2v) is 6.52. The van der Waals surface area contributed by atoms with Crippen molar-refractivity contribution in [1.29, 1.82) is 0 Å². The zero-order chi connectivity index (χ0) is 14.7. The number of rotatable bonds is 4. The molecule has 3 heterocycles. The Morgan fingerprint density at radius 2 is 2.24 bits per heavy atom. The molecule has 0 unspecified atom stereocenters. The van der Waals surface area contributed by atoms with E-state index in [-0.39, 0.29) is 6.10 Å². The number of morpholine rings is 1. The summed E-state index contributed by atoms with van der Waals surface area (Å²) in [7, 11) is 4.02. The molecule has 2 aromatic heterocycles. The van der Waals surface area contributed by atoms with E-state index in [1.807, 2.05) is 36.4 Å². The van der Waals surface area contributed by atoms with E-state index in [1.165, 1.54) is 4.88 Å². The first kappa shape index (κ1) is 14.5. The molecule has 1 aliphatic heterocycles. The predicted octanol–water partition coefficient (Wildman–Crippen LogP) is 2.78. The van der Waals surface area contributed by atoms with Crippen LogP contribution in [0, 0.1) is 0 Å². The van der Waals surface area contributed by atoms with Gasteiger partial charge in [0.1, 0.15) is 11.9 Å². The van der Waals surface area contributed by atoms with Gasteiger partial charge in [0.05, 0.1) is 12.3 Å².